The van der Waals surface area contributed by atoms with Crippen LogP contribution in [-0.4, -0.2) is 14.5 Å². The normalized spacial score (nSPS) is 13.7. The summed E-state index contributed by atoms with van der Waals surface area (Å²) in [5, 5.41) is 5.69. The Morgan fingerprint density at radius 2 is 2.00 bits per heavy atom. The van der Waals surface area contributed by atoms with Crippen molar-refractivity contribution in [2.24, 2.45) is 10.9 Å². The molecule has 4 nitrogen and oxygen atoms in total. The molecule has 0 heterocycles. The van der Waals surface area contributed by atoms with Gasteiger partial charge in [-0.05, 0) is 49.9 Å². The van der Waals surface area contributed by atoms with Crippen molar-refractivity contribution >= 4 is 21.6 Å². The summed E-state index contributed by atoms with van der Waals surface area (Å²) in [6.45, 7) is 3.61. The van der Waals surface area contributed by atoms with E-state index in [1.807, 2.05) is 6.92 Å². The minimum Gasteiger partial charge on any atom is -0.328 e. The molecule has 1 aromatic rings. The van der Waals surface area contributed by atoms with Gasteiger partial charge in [-0.2, -0.15) is 0 Å². The van der Waals surface area contributed by atoms with E-state index in [1.165, 1.54) is 6.07 Å². The van der Waals surface area contributed by atoms with Crippen LogP contribution in [0.25, 0.3) is 0 Å². The van der Waals surface area contributed by atoms with E-state index in [0.29, 0.717) is 17.0 Å². The Morgan fingerprint density at radius 1 is 1.41 bits per heavy atom. The lowest BCUT2D eigenvalue weighted by Gasteiger charge is -2.13. The van der Waals surface area contributed by atoms with Gasteiger partial charge in [0, 0.05) is 11.1 Å². The molecule has 1 atom stereocenters. The molecule has 4 N–H and O–H groups in total. The van der Waals surface area contributed by atoms with Gasteiger partial charge in [0.05, 0.1) is 4.90 Å². The first-order valence-electron chi connectivity index (χ1n) is 5.30. The molecule has 0 aliphatic rings. The van der Waals surface area contributed by atoms with E-state index in [2.05, 4.69) is 0 Å². The average molecular weight is 277 g/mol. The van der Waals surface area contributed by atoms with Crippen LogP contribution in [0.2, 0.25) is 5.02 Å². The Morgan fingerprint density at radius 3 is 2.47 bits per heavy atom. The third-order valence-corrected chi connectivity index (χ3v) is 4.06. The lowest BCUT2D eigenvalue weighted by Crippen LogP contribution is -2.17. The zero-order chi connectivity index (χ0) is 13.2. The molecule has 0 aromatic heterocycles. The second-order valence-corrected chi connectivity index (χ2v) is 6.15. The van der Waals surface area contributed by atoms with Crippen LogP contribution >= 0.6 is 11.6 Å². The Labute approximate surface area is 107 Å². The number of rotatable bonds is 4. The molecule has 0 amide bonds. The lowest BCUT2D eigenvalue weighted by atomic mass is 10.0. The SMILES string of the molecule is Cc1c(S(N)(=O)=O)ccc(Cl)c1CCC(C)N. The smallest absolute Gasteiger partial charge is 0.238 e. The van der Waals surface area contributed by atoms with Crippen molar-refractivity contribution in [1.82, 2.24) is 0 Å². The maximum absolute atomic E-state index is 11.4. The molecule has 0 aliphatic carbocycles. The van der Waals surface area contributed by atoms with Gasteiger partial charge in [-0.3, -0.25) is 0 Å². The second kappa shape index (κ2) is 5.35. The molecule has 1 rings (SSSR count). The largest absolute Gasteiger partial charge is 0.328 e. The quantitative estimate of drug-likeness (QED) is 0.875. The number of hydrogen-bond donors (Lipinski definition) is 2. The average Bonchev–Trinajstić information content (AvgIpc) is 2.14. The maximum Gasteiger partial charge on any atom is 0.238 e. The molecule has 0 fully saturated rings. The van der Waals surface area contributed by atoms with E-state index >= 15 is 0 Å². The first-order valence-corrected chi connectivity index (χ1v) is 7.22. The van der Waals surface area contributed by atoms with Crippen molar-refractivity contribution < 1.29 is 8.42 Å². The highest BCUT2D eigenvalue weighted by Crippen LogP contribution is 2.26. The van der Waals surface area contributed by atoms with E-state index < -0.39 is 10.0 Å². The zero-order valence-electron chi connectivity index (χ0n) is 9.90. The van der Waals surface area contributed by atoms with E-state index in [4.69, 9.17) is 22.5 Å². The highest BCUT2D eigenvalue weighted by atomic mass is 35.5. The molecule has 0 bridgehead atoms. The standard InChI is InChI=1S/C11H17ClN2O2S/c1-7(13)3-4-9-8(2)11(17(14,15)16)6-5-10(9)12/h5-7H,3-4,13H2,1-2H3,(H2,14,15,16). The van der Waals surface area contributed by atoms with Crippen molar-refractivity contribution in [3.63, 3.8) is 0 Å². The van der Waals surface area contributed by atoms with Crippen molar-refractivity contribution in [3.05, 3.63) is 28.3 Å². The third kappa shape index (κ3) is 3.67. The van der Waals surface area contributed by atoms with Crippen LogP contribution < -0.4 is 10.9 Å². The zero-order valence-corrected chi connectivity index (χ0v) is 11.5. The molecule has 6 heteroatoms. The molecule has 96 valence electrons. The highest BCUT2D eigenvalue weighted by molar-refractivity contribution is 7.89. The molecule has 0 saturated carbocycles. The monoisotopic (exact) mass is 276 g/mol. The van der Waals surface area contributed by atoms with Gasteiger partial charge >= 0.3 is 0 Å². The van der Waals surface area contributed by atoms with Gasteiger partial charge in [0.2, 0.25) is 10.0 Å². The van der Waals surface area contributed by atoms with Crippen LogP contribution in [0.3, 0.4) is 0 Å². The van der Waals surface area contributed by atoms with E-state index in [0.717, 1.165) is 12.0 Å². The first kappa shape index (κ1) is 14.4. The van der Waals surface area contributed by atoms with Gasteiger partial charge in [-0.15, -0.1) is 0 Å². The van der Waals surface area contributed by atoms with Crippen molar-refractivity contribution in [1.29, 1.82) is 0 Å². The van der Waals surface area contributed by atoms with E-state index in [-0.39, 0.29) is 10.9 Å². The molecular formula is C11H17ClN2O2S. The fourth-order valence-electron chi connectivity index (χ4n) is 1.69. The summed E-state index contributed by atoms with van der Waals surface area (Å²) in [4.78, 5) is 0.126. The Bertz CT molecular complexity index is 512. The molecule has 1 aromatic carbocycles. The molecule has 17 heavy (non-hydrogen) atoms. The Balaban J connectivity index is 3.21. The van der Waals surface area contributed by atoms with E-state index in [1.54, 1.807) is 13.0 Å². The van der Waals surface area contributed by atoms with Crippen molar-refractivity contribution in [2.45, 2.75) is 37.6 Å². The van der Waals surface area contributed by atoms with Crippen LogP contribution in [0.15, 0.2) is 17.0 Å². The number of hydrogen-bond acceptors (Lipinski definition) is 3. The van der Waals surface area contributed by atoms with Crippen molar-refractivity contribution in [3.8, 4) is 0 Å². The van der Waals surface area contributed by atoms with E-state index in [9.17, 15) is 8.42 Å². The summed E-state index contributed by atoms with van der Waals surface area (Å²) >= 11 is 6.06. The first-order chi connectivity index (χ1) is 7.73. The summed E-state index contributed by atoms with van der Waals surface area (Å²) in [6, 6.07) is 3.04. The van der Waals surface area contributed by atoms with Crippen LogP contribution in [0.5, 0.6) is 0 Å². The summed E-state index contributed by atoms with van der Waals surface area (Å²) in [5.41, 5.74) is 7.09. The molecule has 0 saturated heterocycles. The summed E-state index contributed by atoms with van der Waals surface area (Å²) in [6.07, 6.45) is 1.39. The van der Waals surface area contributed by atoms with Crippen LogP contribution in [0, 0.1) is 6.92 Å². The number of sulfonamides is 1. The predicted octanol–water partition coefficient (Wildman–Crippen LogP) is 1.58. The third-order valence-electron chi connectivity index (χ3n) is 2.65. The van der Waals surface area contributed by atoms with Gasteiger partial charge in [-0.1, -0.05) is 11.6 Å². The summed E-state index contributed by atoms with van der Waals surface area (Å²) < 4.78 is 22.7. The van der Waals surface area contributed by atoms with Gasteiger partial charge < -0.3 is 5.73 Å². The maximum atomic E-state index is 11.4. The van der Waals surface area contributed by atoms with Crippen molar-refractivity contribution in [2.75, 3.05) is 0 Å². The molecule has 0 aliphatic heterocycles. The molecule has 1 unspecified atom stereocenters. The second-order valence-electron chi connectivity index (χ2n) is 4.21. The minimum atomic E-state index is -3.70. The lowest BCUT2D eigenvalue weighted by molar-refractivity contribution is 0.596. The Hall–Kier alpha value is -0.620. The van der Waals surface area contributed by atoms with Gasteiger partial charge in [0.1, 0.15) is 0 Å². The summed E-state index contributed by atoms with van der Waals surface area (Å²) in [5.74, 6) is 0. The number of primary sulfonamides is 1. The fraction of sp³-hybridized carbons (Fsp3) is 0.455. The summed E-state index contributed by atoms with van der Waals surface area (Å²) in [7, 11) is -3.70. The van der Waals surface area contributed by atoms with Crippen LogP contribution in [0.1, 0.15) is 24.5 Å². The molecule has 0 spiro atoms. The molecular weight excluding hydrogens is 260 g/mol. The fourth-order valence-corrected chi connectivity index (χ4v) is 2.80. The van der Waals surface area contributed by atoms with Crippen LogP contribution in [0.4, 0.5) is 0 Å². The topological polar surface area (TPSA) is 86.2 Å². The van der Waals surface area contributed by atoms with Gasteiger partial charge in [0.25, 0.3) is 0 Å². The van der Waals surface area contributed by atoms with Gasteiger partial charge in [-0.25, -0.2) is 13.6 Å². The van der Waals surface area contributed by atoms with Gasteiger partial charge in [0.15, 0.2) is 0 Å². The highest BCUT2D eigenvalue weighted by Gasteiger charge is 2.16. The minimum absolute atomic E-state index is 0.0450. The number of nitrogens with two attached hydrogens (primary N) is 2. The van der Waals surface area contributed by atoms with Crippen LogP contribution in [-0.2, 0) is 16.4 Å². The number of halogens is 1. The predicted molar refractivity (Wildman–Crippen MR) is 69.5 cm³/mol. The Kier molecular flexibility index (Phi) is 4.55. The molecule has 0 radical (unpaired) electrons. The number of benzene rings is 1.